The molecule has 33 heavy (non-hydrogen) atoms. The third-order valence-electron chi connectivity index (χ3n) is 5.80. The van der Waals surface area contributed by atoms with Crippen LogP contribution in [0.25, 0.3) is 0 Å². The summed E-state index contributed by atoms with van der Waals surface area (Å²) < 4.78 is 2.18. The molecule has 3 rings (SSSR count). The monoisotopic (exact) mass is 509 g/mol. The lowest BCUT2D eigenvalue weighted by Crippen LogP contribution is -2.46. The summed E-state index contributed by atoms with van der Waals surface area (Å²) in [7, 11) is 0. The largest absolute Gasteiger partial charge is 0.375 e. The molecule has 0 aliphatic carbocycles. The lowest BCUT2D eigenvalue weighted by atomic mass is 10.2. The molecule has 180 valence electrons. The molecule has 1 aliphatic rings. The maximum Gasteiger partial charge on any atom is 0.184 e. The van der Waals surface area contributed by atoms with E-state index in [1.165, 1.54) is 5.56 Å². The molecule has 3 N–H and O–H groups in total. The van der Waals surface area contributed by atoms with Gasteiger partial charge in [-0.1, -0.05) is 48.7 Å². The summed E-state index contributed by atoms with van der Waals surface area (Å²) in [5, 5.41) is 5.46. The molecule has 1 fully saturated rings. The Morgan fingerprint density at radius 1 is 1.12 bits per heavy atom. The van der Waals surface area contributed by atoms with Crippen LogP contribution in [-0.4, -0.2) is 63.4 Å². The number of aryl methyl sites for hydroxylation is 1. The maximum atomic E-state index is 6.42. The number of halogens is 2. The number of piperazine rings is 1. The first-order valence-electron chi connectivity index (χ1n) is 11.5. The summed E-state index contributed by atoms with van der Waals surface area (Å²) >= 11 is 17.2. The van der Waals surface area contributed by atoms with Gasteiger partial charge in [0.25, 0.3) is 0 Å². The number of benzene rings is 1. The second kappa shape index (κ2) is 13.2. The van der Waals surface area contributed by atoms with Crippen molar-refractivity contribution in [2.24, 2.45) is 10.8 Å². The molecule has 0 saturated carbocycles. The van der Waals surface area contributed by atoms with Crippen molar-refractivity contribution in [2.75, 3.05) is 32.7 Å². The third kappa shape index (κ3) is 8.22. The van der Waals surface area contributed by atoms with E-state index in [9.17, 15) is 0 Å². The number of hydrazone groups is 1. The Morgan fingerprint density at radius 2 is 1.82 bits per heavy atom. The number of aromatic nitrogens is 2. The quantitative estimate of drug-likeness (QED) is 0.271. The van der Waals surface area contributed by atoms with E-state index in [1.54, 1.807) is 6.21 Å². The molecule has 2 aromatic rings. The second-order valence-corrected chi connectivity index (χ2v) is 9.53. The lowest BCUT2D eigenvalue weighted by molar-refractivity contribution is 0.125. The molecule has 0 atom stereocenters. The van der Waals surface area contributed by atoms with E-state index in [0.29, 0.717) is 5.15 Å². The molecule has 0 amide bonds. The molecule has 1 aromatic heterocycles. The molecule has 0 spiro atoms. The summed E-state index contributed by atoms with van der Waals surface area (Å²) in [5.74, 6) is 1.01. The highest BCUT2D eigenvalue weighted by Crippen LogP contribution is 2.19. The van der Waals surface area contributed by atoms with Crippen LogP contribution in [0.2, 0.25) is 10.2 Å². The van der Waals surface area contributed by atoms with Crippen LogP contribution >= 0.6 is 35.4 Å². The minimum Gasteiger partial charge on any atom is -0.375 e. The van der Waals surface area contributed by atoms with E-state index >= 15 is 0 Å². The van der Waals surface area contributed by atoms with Crippen molar-refractivity contribution in [1.82, 2.24) is 24.8 Å². The van der Waals surface area contributed by atoms with Gasteiger partial charge in [-0.3, -0.25) is 10.3 Å². The van der Waals surface area contributed by atoms with Crippen LogP contribution in [0.3, 0.4) is 0 Å². The molecule has 2 heterocycles. The van der Waals surface area contributed by atoms with Crippen molar-refractivity contribution < 1.29 is 0 Å². The Kier molecular flexibility index (Phi) is 10.4. The Labute approximate surface area is 211 Å². The van der Waals surface area contributed by atoms with E-state index in [0.717, 1.165) is 88.0 Å². The molecule has 10 heteroatoms. The summed E-state index contributed by atoms with van der Waals surface area (Å²) in [6, 6.07) is 8.14. The normalized spacial score (nSPS) is 15.4. The standard InChI is InChI=1S/C23H33Cl2N7S/c1-2-3-5-21-28-22(25)20(16-27-29-23(26)33)32(21)11-4-10-30-12-14-31(15-13-30)17-18-6-8-19(24)9-7-18/h6-9,16H,2-5,10-15,17H2,1H3,(H3,26,29,33)/b27-16+. The average molecular weight is 511 g/mol. The SMILES string of the molecule is CCCCc1nc(Cl)c(/C=N/NC(N)=S)n1CCCN1CCN(Cc2ccc(Cl)cc2)CC1. The van der Waals surface area contributed by atoms with Crippen molar-refractivity contribution in [1.29, 1.82) is 0 Å². The van der Waals surface area contributed by atoms with Crippen LogP contribution < -0.4 is 11.2 Å². The maximum absolute atomic E-state index is 6.42. The van der Waals surface area contributed by atoms with Gasteiger partial charge in [0.05, 0.1) is 6.21 Å². The highest BCUT2D eigenvalue weighted by atomic mass is 35.5. The van der Waals surface area contributed by atoms with E-state index in [1.807, 2.05) is 12.1 Å². The van der Waals surface area contributed by atoms with E-state index in [4.69, 9.17) is 41.2 Å². The zero-order valence-corrected chi connectivity index (χ0v) is 21.5. The molecule has 7 nitrogen and oxygen atoms in total. The first-order valence-corrected chi connectivity index (χ1v) is 12.6. The van der Waals surface area contributed by atoms with Crippen LogP contribution in [0.15, 0.2) is 29.4 Å². The van der Waals surface area contributed by atoms with Gasteiger partial charge in [0.1, 0.15) is 11.5 Å². The fourth-order valence-electron chi connectivity index (χ4n) is 4.01. The number of thiocarbonyl (C=S) groups is 1. The van der Waals surface area contributed by atoms with Gasteiger partial charge < -0.3 is 15.2 Å². The number of rotatable bonds is 11. The molecule has 1 aromatic carbocycles. The fourth-order valence-corrected chi connectivity index (χ4v) is 4.44. The van der Waals surface area contributed by atoms with Gasteiger partial charge in [-0.15, -0.1) is 0 Å². The summed E-state index contributed by atoms with van der Waals surface area (Å²) in [6.45, 7) is 9.34. The zero-order chi connectivity index (χ0) is 23.6. The number of imidazole rings is 1. The first kappa shape index (κ1) is 25.9. The molecule has 1 aliphatic heterocycles. The van der Waals surface area contributed by atoms with Gasteiger partial charge in [-0.2, -0.15) is 5.10 Å². The average Bonchev–Trinajstić information content (AvgIpc) is 3.09. The predicted molar refractivity (Wildman–Crippen MR) is 141 cm³/mol. The minimum atomic E-state index is 0.120. The highest BCUT2D eigenvalue weighted by molar-refractivity contribution is 7.80. The van der Waals surface area contributed by atoms with Crippen LogP contribution in [0.1, 0.15) is 43.3 Å². The summed E-state index contributed by atoms with van der Waals surface area (Å²) in [4.78, 5) is 9.62. The topological polar surface area (TPSA) is 74.7 Å². The van der Waals surface area contributed by atoms with E-state index in [2.05, 4.69) is 48.9 Å². The van der Waals surface area contributed by atoms with Gasteiger partial charge in [-0.25, -0.2) is 4.98 Å². The van der Waals surface area contributed by atoms with Crippen LogP contribution in [0.4, 0.5) is 0 Å². The van der Waals surface area contributed by atoms with Crippen molar-refractivity contribution in [3.8, 4) is 0 Å². The van der Waals surface area contributed by atoms with E-state index in [-0.39, 0.29) is 5.11 Å². The van der Waals surface area contributed by atoms with Gasteiger partial charge in [0.15, 0.2) is 10.3 Å². The van der Waals surface area contributed by atoms with Crippen LogP contribution in [0, 0.1) is 0 Å². The molecule has 0 bridgehead atoms. The lowest BCUT2D eigenvalue weighted by Gasteiger charge is -2.34. The number of unbranched alkanes of at least 4 members (excludes halogenated alkanes) is 1. The number of nitrogens with two attached hydrogens (primary N) is 1. The summed E-state index contributed by atoms with van der Waals surface area (Å²) in [5.41, 5.74) is 10.2. The van der Waals surface area contributed by atoms with Crippen molar-refractivity contribution in [3.63, 3.8) is 0 Å². The molecular weight excluding hydrogens is 477 g/mol. The number of nitrogens with one attached hydrogen (secondary N) is 1. The van der Waals surface area contributed by atoms with Gasteiger partial charge in [0, 0.05) is 50.7 Å². The highest BCUT2D eigenvalue weighted by Gasteiger charge is 2.18. The Balaban J connectivity index is 1.51. The minimum absolute atomic E-state index is 0.120. The van der Waals surface area contributed by atoms with Gasteiger partial charge >= 0.3 is 0 Å². The molecule has 1 saturated heterocycles. The van der Waals surface area contributed by atoms with Crippen molar-refractivity contribution in [2.45, 2.75) is 45.7 Å². The number of hydrogen-bond acceptors (Lipinski definition) is 5. The Hall–Kier alpha value is -1.71. The van der Waals surface area contributed by atoms with Crippen LogP contribution in [-0.2, 0) is 19.5 Å². The zero-order valence-electron chi connectivity index (χ0n) is 19.1. The third-order valence-corrected chi connectivity index (χ3v) is 6.42. The molecular formula is C23H33Cl2N7S. The van der Waals surface area contributed by atoms with E-state index < -0.39 is 0 Å². The van der Waals surface area contributed by atoms with Gasteiger partial charge in [-0.05, 0) is 49.3 Å². The Bertz CT molecular complexity index is 922. The molecule has 0 unspecified atom stereocenters. The Morgan fingerprint density at radius 3 is 2.48 bits per heavy atom. The number of nitrogens with zero attached hydrogens (tertiary/aromatic N) is 5. The first-order chi connectivity index (χ1) is 16.0. The van der Waals surface area contributed by atoms with Crippen molar-refractivity contribution >= 4 is 46.7 Å². The molecule has 0 radical (unpaired) electrons. The fraction of sp³-hybridized carbons (Fsp3) is 0.522. The smallest absolute Gasteiger partial charge is 0.184 e. The van der Waals surface area contributed by atoms with Crippen LogP contribution in [0.5, 0.6) is 0 Å². The summed E-state index contributed by atoms with van der Waals surface area (Å²) in [6.07, 6.45) is 5.75. The number of hydrogen-bond donors (Lipinski definition) is 2. The van der Waals surface area contributed by atoms with Crippen molar-refractivity contribution in [3.05, 3.63) is 51.5 Å². The second-order valence-electron chi connectivity index (χ2n) is 8.29. The van der Waals surface area contributed by atoms with Gasteiger partial charge in [0.2, 0.25) is 0 Å². The predicted octanol–water partition coefficient (Wildman–Crippen LogP) is 3.91.